The molecule has 3 amide bonds. The van der Waals surface area contributed by atoms with Gasteiger partial charge in [-0.15, -0.1) is 0 Å². The van der Waals surface area contributed by atoms with Crippen molar-refractivity contribution in [2.24, 2.45) is 0 Å². The quantitative estimate of drug-likeness (QED) is 0.824. The number of hydrogen-bond donors (Lipinski definition) is 1. The van der Waals surface area contributed by atoms with Crippen molar-refractivity contribution in [1.82, 2.24) is 9.80 Å². The van der Waals surface area contributed by atoms with Gasteiger partial charge in [0, 0.05) is 30.7 Å². The molecule has 1 aromatic heterocycles. The molecule has 0 unspecified atom stereocenters. The largest absolute Gasteiger partial charge is 0.495 e. The number of nitrogens with one attached hydrogen (secondary N) is 1. The number of urea groups is 1. The van der Waals surface area contributed by atoms with E-state index in [4.69, 9.17) is 9.15 Å². The molecule has 0 radical (unpaired) electrons. The Morgan fingerprint density at radius 3 is 2.50 bits per heavy atom. The van der Waals surface area contributed by atoms with Gasteiger partial charge in [-0.25, -0.2) is 4.79 Å². The summed E-state index contributed by atoms with van der Waals surface area (Å²) in [6, 6.07) is 6.84. The predicted molar refractivity (Wildman–Crippen MR) is 101 cm³/mol. The number of carbonyl (C=O) groups excluding carboxylic acids is 2. The molecule has 0 bridgehead atoms. The summed E-state index contributed by atoms with van der Waals surface area (Å²) in [5.41, 5.74) is 1.55. The fraction of sp³-hybridized carbons (Fsp3) is 0.333. The van der Waals surface area contributed by atoms with Crippen molar-refractivity contribution >= 4 is 33.6 Å². The first-order valence-electron chi connectivity index (χ1n) is 8.22. The number of piperazine rings is 1. The average Bonchev–Trinajstić information content (AvgIpc) is 3.17. The van der Waals surface area contributed by atoms with Crippen LogP contribution in [0.5, 0.6) is 5.75 Å². The molecule has 1 N–H and O–H groups in total. The number of halogens is 1. The molecule has 1 aromatic carbocycles. The lowest BCUT2D eigenvalue weighted by Crippen LogP contribution is -2.51. The summed E-state index contributed by atoms with van der Waals surface area (Å²) in [7, 11) is 1.57. The Labute approximate surface area is 160 Å². The van der Waals surface area contributed by atoms with Gasteiger partial charge in [-0.3, -0.25) is 4.79 Å². The lowest BCUT2D eigenvalue weighted by Gasteiger charge is -2.34. The van der Waals surface area contributed by atoms with Crippen LogP contribution in [0.2, 0.25) is 0 Å². The first-order chi connectivity index (χ1) is 12.5. The van der Waals surface area contributed by atoms with Crippen LogP contribution in [0.1, 0.15) is 16.1 Å². The van der Waals surface area contributed by atoms with E-state index < -0.39 is 0 Å². The van der Waals surface area contributed by atoms with Crippen LogP contribution in [0.3, 0.4) is 0 Å². The summed E-state index contributed by atoms with van der Waals surface area (Å²) >= 11 is 3.42. The second-order valence-electron chi connectivity index (χ2n) is 5.99. The number of amides is 3. The average molecular weight is 422 g/mol. The molecule has 0 saturated carbocycles. The molecule has 0 aliphatic carbocycles. The molecule has 1 aliphatic heterocycles. The van der Waals surface area contributed by atoms with Gasteiger partial charge in [0.1, 0.15) is 5.75 Å². The molecular formula is C18H20BrN3O4. The molecule has 1 aliphatic rings. The topological polar surface area (TPSA) is 75.0 Å². The number of rotatable bonds is 3. The maximum absolute atomic E-state index is 12.6. The molecule has 2 aromatic rings. The van der Waals surface area contributed by atoms with E-state index >= 15 is 0 Å². The molecule has 0 spiro atoms. The van der Waals surface area contributed by atoms with E-state index in [0.29, 0.717) is 43.4 Å². The predicted octanol–water partition coefficient (Wildman–Crippen LogP) is 3.35. The minimum Gasteiger partial charge on any atom is -0.495 e. The maximum Gasteiger partial charge on any atom is 0.322 e. The Morgan fingerprint density at radius 1 is 1.19 bits per heavy atom. The maximum atomic E-state index is 12.6. The molecule has 138 valence electrons. The van der Waals surface area contributed by atoms with Crippen molar-refractivity contribution in [3.8, 4) is 5.75 Å². The van der Waals surface area contributed by atoms with Crippen molar-refractivity contribution in [3.63, 3.8) is 0 Å². The van der Waals surface area contributed by atoms with Gasteiger partial charge in [0.05, 0.1) is 19.1 Å². The molecule has 0 atom stereocenters. The van der Waals surface area contributed by atoms with Crippen molar-refractivity contribution in [1.29, 1.82) is 0 Å². The van der Waals surface area contributed by atoms with Crippen LogP contribution in [0.15, 0.2) is 39.4 Å². The Hall–Kier alpha value is -2.48. The van der Waals surface area contributed by atoms with Crippen LogP contribution in [-0.4, -0.2) is 55.0 Å². The van der Waals surface area contributed by atoms with Crippen LogP contribution in [0.25, 0.3) is 0 Å². The molecular weight excluding hydrogens is 402 g/mol. The van der Waals surface area contributed by atoms with E-state index in [1.807, 2.05) is 19.1 Å². The Balaban J connectivity index is 1.62. The number of aryl methyl sites for hydroxylation is 1. The van der Waals surface area contributed by atoms with E-state index in [9.17, 15) is 9.59 Å². The van der Waals surface area contributed by atoms with Gasteiger partial charge in [0.25, 0.3) is 5.91 Å². The number of carbonyl (C=O) groups is 2. The summed E-state index contributed by atoms with van der Waals surface area (Å²) < 4.78 is 11.4. The van der Waals surface area contributed by atoms with Crippen LogP contribution in [0.4, 0.5) is 10.5 Å². The molecule has 8 heteroatoms. The SMILES string of the molecule is COc1cc(Br)cc(C)c1NC(=O)N1CCN(C(=O)c2ccco2)CC1. The summed E-state index contributed by atoms with van der Waals surface area (Å²) in [4.78, 5) is 28.3. The highest BCUT2D eigenvalue weighted by Gasteiger charge is 2.26. The summed E-state index contributed by atoms with van der Waals surface area (Å²) in [6.45, 7) is 3.74. The number of ether oxygens (including phenoxy) is 1. The van der Waals surface area contributed by atoms with E-state index in [-0.39, 0.29) is 11.9 Å². The molecule has 1 fully saturated rings. The van der Waals surface area contributed by atoms with Crippen LogP contribution in [-0.2, 0) is 0 Å². The summed E-state index contributed by atoms with van der Waals surface area (Å²) in [5, 5.41) is 2.92. The Morgan fingerprint density at radius 2 is 1.88 bits per heavy atom. The molecule has 7 nitrogen and oxygen atoms in total. The zero-order valence-electron chi connectivity index (χ0n) is 14.6. The van der Waals surface area contributed by atoms with E-state index in [0.717, 1.165) is 10.0 Å². The van der Waals surface area contributed by atoms with Gasteiger partial charge >= 0.3 is 6.03 Å². The Bertz CT molecular complexity index is 799. The van der Waals surface area contributed by atoms with Gasteiger partial charge < -0.3 is 24.3 Å². The van der Waals surface area contributed by atoms with Gasteiger partial charge in [0.2, 0.25) is 0 Å². The lowest BCUT2D eigenvalue weighted by atomic mass is 10.2. The second kappa shape index (κ2) is 7.82. The third-order valence-electron chi connectivity index (χ3n) is 4.30. The number of methoxy groups -OCH3 is 1. The van der Waals surface area contributed by atoms with Gasteiger partial charge in [-0.2, -0.15) is 0 Å². The van der Waals surface area contributed by atoms with Gasteiger partial charge in [-0.1, -0.05) is 15.9 Å². The standard InChI is InChI=1S/C18H20BrN3O4/c1-12-10-13(19)11-15(25-2)16(12)20-18(24)22-7-5-21(6-8-22)17(23)14-4-3-9-26-14/h3-4,9-11H,5-8H2,1-2H3,(H,20,24). The van der Waals surface area contributed by atoms with E-state index in [1.165, 1.54) is 6.26 Å². The third kappa shape index (κ3) is 3.85. The smallest absolute Gasteiger partial charge is 0.322 e. The molecule has 3 rings (SSSR count). The summed E-state index contributed by atoms with van der Waals surface area (Å²) in [6.07, 6.45) is 1.48. The number of nitrogens with zero attached hydrogens (tertiary/aromatic N) is 2. The minimum atomic E-state index is -0.209. The monoisotopic (exact) mass is 421 g/mol. The molecule has 1 saturated heterocycles. The van der Waals surface area contributed by atoms with Crippen molar-refractivity contribution in [2.75, 3.05) is 38.6 Å². The van der Waals surface area contributed by atoms with Crippen molar-refractivity contribution in [3.05, 3.63) is 46.3 Å². The lowest BCUT2D eigenvalue weighted by molar-refractivity contribution is 0.0640. The minimum absolute atomic E-state index is 0.152. The number of anilines is 1. The summed E-state index contributed by atoms with van der Waals surface area (Å²) in [5.74, 6) is 0.760. The number of hydrogen-bond acceptors (Lipinski definition) is 4. The zero-order chi connectivity index (χ0) is 18.7. The normalized spacial score (nSPS) is 14.3. The first kappa shape index (κ1) is 18.3. The number of benzene rings is 1. The highest BCUT2D eigenvalue weighted by molar-refractivity contribution is 9.10. The van der Waals surface area contributed by atoms with Gasteiger partial charge in [0.15, 0.2) is 5.76 Å². The molecule has 2 heterocycles. The first-order valence-corrected chi connectivity index (χ1v) is 9.01. The van der Waals surface area contributed by atoms with Crippen LogP contribution in [0, 0.1) is 6.92 Å². The highest BCUT2D eigenvalue weighted by atomic mass is 79.9. The van der Waals surface area contributed by atoms with Crippen LogP contribution >= 0.6 is 15.9 Å². The van der Waals surface area contributed by atoms with Crippen molar-refractivity contribution < 1.29 is 18.7 Å². The van der Waals surface area contributed by atoms with Crippen LogP contribution < -0.4 is 10.1 Å². The van der Waals surface area contributed by atoms with E-state index in [2.05, 4.69) is 21.2 Å². The van der Waals surface area contributed by atoms with E-state index in [1.54, 1.807) is 29.0 Å². The fourth-order valence-electron chi connectivity index (χ4n) is 2.89. The third-order valence-corrected chi connectivity index (χ3v) is 4.76. The van der Waals surface area contributed by atoms with Gasteiger partial charge in [-0.05, 0) is 36.8 Å². The van der Waals surface area contributed by atoms with Crippen molar-refractivity contribution in [2.45, 2.75) is 6.92 Å². The second-order valence-corrected chi connectivity index (χ2v) is 6.90. The fourth-order valence-corrected chi connectivity index (χ4v) is 3.44. The Kier molecular flexibility index (Phi) is 5.51. The highest BCUT2D eigenvalue weighted by Crippen LogP contribution is 2.32. The number of furan rings is 1. The molecule has 26 heavy (non-hydrogen) atoms. The zero-order valence-corrected chi connectivity index (χ0v) is 16.2.